The summed E-state index contributed by atoms with van der Waals surface area (Å²) in [5.41, 5.74) is 18.0. The van der Waals surface area contributed by atoms with Gasteiger partial charge in [-0.25, -0.2) is 23.9 Å². The van der Waals surface area contributed by atoms with Gasteiger partial charge in [0.15, 0.2) is 11.6 Å². The number of alkyl halides is 6. The van der Waals surface area contributed by atoms with E-state index in [-0.39, 0.29) is 5.75 Å². The van der Waals surface area contributed by atoms with Crippen LogP contribution in [0.3, 0.4) is 0 Å². The molecule has 1 atom stereocenters. The molecule has 0 bridgehead atoms. The number of carboxylic acid groups (broad SMARTS) is 2. The molecule has 17 heteroatoms. The quantitative estimate of drug-likeness (QED) is 0.0782. The van der Waals surface area contributed by atoms with Crippen LogP contribution in [0, 0.1) is 5.82 Å². The zero-order valence-electron chi connectivity index (χ0n) is 27.9. The Bertz CT molecular complexity index is 2010. The molecule has 278 valence electrons. The number of nitrogen functional groups attached to an aromatic ring is 2. The minimum atomic E-state index is -5.08. The van der Waals surface area contributed by atoms with E-state index in [4.69, 9.17) is 46.0 Å². The molecule has 0 saturated carbocycles. The van der Waals surface area contributed by atoms with E-state index in [0.717, 1.165) is 40.4 Å². The van der Waals surface area contributed by atoms with Crippen molar-refractivity contribution in [3.8, 4) is 17.0 Å². The fourth-order valence-corrected chi connectivity index (χ4v) is 4.86. The standard InChI is InChI=1S/C31H32FN5O.2C2HF3O2/c1-4-18-8-7-9-20(12-18)26-17-35-31(37-26)28(24-13-19(5-2)14-27(29(24)32)38-6-3)25-16-21-15-22(33)10-11-23(21)30(34)36-25;2*3-2(4,5)1(6)7/h7-17,28H,4-6,33H2,1-3H3,(H2,34,36)(H,35,37);2*(H,6,7). The van der Waals surface area contributed by atoms with E-state index in [2.05, 4.69) is 24.0 Å². The number of pyridine rings is 1. The Labute approximate surface area is 292 Å². The fraction of sp³-hybridized carbons (Fsp3) is 0.257. The summed E-state index contributed by atoms with van der Waals surface area (Å²) >= 11 is 0. The van der Waals surface area contributed by atoms with Gasteiger partial charge < -0.3 is 31.4 Å². The molecule has 0 spiro atoms. The number of hydrogen-bond acceptors (Lipinski definition) is 7. The Balaban J connectivity index is 0.000000441. The van der Waals surface area contributed by atoms with Crippen molar-refractivity contribution in [1.82, 2.24) is 15.0 Å². The Morgan fingerprint density at radius 1 is 0.846 bits per heavy atom. The van der Waals surface area contributed by atoms with Gasteiger partial charge in [0.2, 0.25) is 0 Å². The molecule has 0 fully saturated rings. The lowest BCUT2D eigenvalue weighted by Gasteiger charge is -2.20. The Hall–Kier alpha value is -5.87. The topological polar surface area (TPSA) is 177 Å². The molecule has 1 unspecified atom stereocenters. The van der Waals surface area contributed by atoms with E-state index >= 15 is 4.39 Å². The predicted octanol–water partition coefficient (Wildman–Crippen LogP) is 7.90. The molecule has 0 aliphatic heterocycles. The number of halogens is 7. The Kier molecular flexibility index (Phi) is 13.2. The van der Waals surface area contributed by atoms with Crippen LogP contribution in [0.1, 0.15) is 54.9 Å². The number of benzene rings is 3. The maximum atomic E-state index is 16.1. The highest BCUT2D eigenvalue weighted by molar-refractivity contribution is 5.93. The van der Waals surface area contributed by atoms with Gasteiger partial charge >= 0.3 is 24.3 Å². The van der Waals surface area contributed by atoms with Crippen LogP contribution in [0.15, 0.2) is 66.9 Å². The molecule has 0 saturated heterocycles. The average molecular weight is 738 g/mol. The number of carbonyl (C=O) groups is 2. The molecule has 3 aromatic carbocycles. The molecule has 10 nitrogen and oxygen atoms in total. The number of carboxylic acids is 2. The van der Waals surface area contributed by atoms with Gasteiger partial charge in [0.25, 0.3) is 0 Å². The number of H-pyrrole nitrogens is 1. The SMILES string of the molecule is CCOc1cc(CC)cc(C(c2cc3cc(N)ccc3c(N)n2)c2nc(-c3cccc(CC)c3)c[nH]2)c1F.O=C(O)C(F)(F)F.O=C(O)C(F)(F)F. The molecular formula is C35H34F7N5O5. The van der Waals surface area contributed by atoms with E-state index in [1.54, 1.807) is 12.1 Å². The zero-order chi connectivity index (χ0) is 39.0. The predicted molar refractivity (Wildman–Crippen MR) is 179 cm³/mol. The summed E-state index contributed by atoms with van der Waals surface area (Å²) in [6.07, 6.45) is -6.67. The number of hydrogen-bond donors (Lipinski definition) is 5. The molecule has 0 radical (unpaired) electrons. The maximum Gasteiger partial charge on any atom is 0.490 e. The number of imidazole rings is 1. The van der Waals surface area contributed by atoms with Crippen LogP contribution in [-0.2, 0) is 22.4 Å². The second-order valence-corrected chi connectivity index (χ2v) is 11.0. The molecular weight excluding hydrogens is 703 g/mol. The minimum absolute atomic E-state index is 0.215. The number of aromatic nitrogens is 3. The maximum absolute atomic E-state index is 16.1. The van der Waals surface area contributed by atoms with E-state index in [1.807, 2.05) is 56.4 Å². The summed E-state index contributed by atoms with van der Waals surface area (Å²) < 4.78 is 85.2. The second-order valence-electron chi connectivity index (χ2n) is 11.0. The van der Waals surface area contributed by atoms with Crippen molar-refractivity contribution in [2.24, 2.45) is 0 Å². The van der Waals surface area contributed by atoms with Crippen LogP contribution in [0.5, 0.6) is 5.75 Å². The summed E-state index contributed by atoms with van der Waals surface area (Å²) in [4.78, 5) is 30.8. The van der Waals surface area contributed by atoms with Crippen molar-refractivity contribution >= 4 is 34.2 Å². The van der Waals surface area contributed by atoms with Gasteiger partial charge in [0, 0.05) is 28.4 Å². The smallest absolute Gasteiger partial charge is 0.490 e. The monoisotopic (exact) mass is 737 g/mol. The van der Waals surface area contributed by atoms with Crippen molar-refractivity contribution < 1.29 is 55.3 Å². The molecule has 0 aliphatic carbocycles. The normalized spacial score (nSPS) is 11.9. The third kappa shape index (κ3) is 10.3. The van der Waals surface area contributed by atoms with Crippen LogP contribution >= 0.6 is 0 Å². The highest BCUT2D eigenvalue weighted by atomic mass is 19.4. The minimum Gasteiger partial charge on any atom is -0.491 e. The van der Waals surface area contributed by atoms with E-state index in [0.29, 0.717) is 35.2 Å². The molecule has 0 aliphatic rings. The van der Waals surface area contributed by atoms with Crippen molar-refractivity contribution in [2.45, 2.75) is 51.9 Å². The van der Waals surface area contributed by atoms with Gasteiger partial charge in [-0.1, -0.05) is 38.1 Å². The lowest BCUT2D eigenvalue weighted by Crippen LogP contribution is -2.21. The first-order valence-corrected chi connectivity index (χ1v) is 15.5. The number of nitrogens with one attached hydrogen (secondary N) is 1. The lowest BCUT2D eigenvalue weighted by molar-refractivity contribution is -0.193. The summed E-state index contributed by atoms with van der Waals surface area (Å²) in [6, 6.07) is 19.3. The number of nitrogens with two attached hydrogens (primary N) is 2. The average Bonchev–Trinajstić information content (AvgIpc) is 3.56. The second kappa shape index (κ2) is 16.9. The zero-order valence-corrected chi connectivity index (χ0v) is 27.9. The number of aryl methyl sites for hydroxylation is 2. The Morgan fingerprint density at radius 3 is 2.02 bits per heavy atom. The number of aromatic amines is 1. The van der Waals surface area contributed by atoms with Crippen LogP contribution in [-0.4, -0.2) is 56.1 Å². The molecule has 0 amide bonds. The molecule has 5 aromatic rings. The van der Waals surface area contributed by atoms with Gasteiger partial charge in [0.05, 0.1) is 23.9 Å². The van der Waals surface area contributed by atoms with Gasteiger partial charge in [-0.15, -0.1) is 0 Å². The van der Waals surface area contributed by atoms with Crippen molar-refractivity contribution in [1.29, 1.82) is 0 Å². The third-order valence-electron chi connectivity index (χ3n) is 7.33. The summed E-state index contributed by atoms with van der Waals surface area (Å²) in [6.45, 7) is 6.34. The van der Waals surface area contributed by atoms with Gasteiger partial charge in [-0.2, -0.15) is 26.3 Å². The molecule has 7 N–H and O–H groups in total. The largest absolute Gasteiger partial charge is 0.491 e. The molecule has 5 rings (SSSR count). The van der Waals surface area contributed by atoms with Crippen LogP contribution < -0.4 is 16.2 Å². The van der Waals surface area contributed by atoms with E-state index < -0.39 is 36.0 Å². The van der Waals surface area contributed by atoms with Crippen molar-refractivity contribution in [3.63, 3.8) is 0 Å². The molecule has 2 aromatic heterocycles. The van der Waals surface area contributed by atoms with Crippen LogP contribution in [0.4, 0.5) is 42.2 Å². The van der Waals surface area contributed by atoms with Crippen LogP contribution in [0.2, 0.25) is 0 Å². The van der Waals surface area contributed by atoms with Gasteiger partial charge in [0.1, 0.15) is 11.6 Å². The highest BCUT2D eigenvalue weighted by Gasteiger charge is 2.39. The molecule has 2 heterocycles. The third-order valence-corrected chi connectivity index (χ3v) is 7.33. The van der Waals surface area contributed by atoms with Gasteiger partial charge in [-0.05, 0) is 72.7 Å². The molecule has 52 heavy (non-hydrogen) atoms. The summed E-state index contributed by atoms with van der Waals surface area (Å²) in [5.74, 6) is -5.48. The lowest BCUT2D eigenvalue weighted by atomic mass is 9.90. The number of rotatable bonds is 8. The fourth-order valence-electron chi connectivity index (χ4n) is 4.86. The van der Waals surface area contributed by atoms with E-state index in [9.17, 15) is 26.3 Å². The first kappa shape index (κ1) is 40.6. The Morgan fingerprint density at radius 2 is 1.46 bits per heavy atom. The van der Waals surface area contributed by atoms with E-state index in [1.165, 1.54) is 5.56 Å². The van der Waals surface area contributed by atoms with Crippen LogP contribution in [0.25, 0.3) is 22.0 Å². The highest BCUT2D eigenvalue weighted by Crippen LogP contribution is 2.38. The number of ether oxygens (including phenoxy) is 1. The van der Waals surface area contributed by atoms with Gasteiger partial charge in [-0.3, -0.25) is 0 Å². The number of fused-ring (bicyclic) bond motifs is 1. The number of anilines is 2. The first-order valence-electron chi connectivity index (χ1n) is 15.5. The number of nitrogens with zero attached hydrogens (tertiary/aromatic N) is 2. The first-order chi connectivity index (χ1) is 24.3. The van der Waals surface area contributed by atoms with Crippen molar-refractivity contribution in [2.75, 3.05) is 18.1 Å². The van der Waals surface area contributed by atoms with Crippen molar-refractivity contribution in [3.05, 3.63) is 101 Å². The number of aliphatic carboxylic acids is 2. The summed E-state index contributed by atoms with van der Waals surface area (Å²) in [7, 11) is 0. The summed E-state index contributed by atoms with van der Waals surface area (Å²) in [5, 5.41) is 15.9.